The molecular weight excluding hydrogens is 300 g/mol. The fourth-order valence-electron chi connectivity index (χ4n) is 1.78. The zero-order chi connectivity index (χ0) is 14.6. The molecule has 2 aromatic rings. The number of nitrogens with zero attached hydrogens (tertiary/aromatic N) is 2. The zero-order valence-corrected chi connectivity index (χ0v) is 13.1. The highest BCUT2D eigenvalue weighted by molar-refractivity contribution is 7.89. The van der Waals surface area contributed by atoms with Crippen molar-refractivity contribution in [2.24, 2.45) is 0 Å². The molecule has 0 saturated carbocycles. The number of sulfonamides is 1. The lowest BCUT2D eigenvalue weighted by Crippen LogP contribution is -2.27. The first kappa shape index (κ1) is 15.2. The van der Waals surface area contributed by atoms with Gasteiger partial charge in [0.25, 0.3) is 10.0 Å². The molecule has 0 aliphatic rings. The minimum absolute atomic E-state index is 0.146. The topological polar surface area (TPSA) is 84.7 Å². The maximum Gasteiger partial charge on any atom is 0.260 e. The SMILES string of the molecule is CCOCCCNS(=O)(=O)c1c(NC)nc2sccn12. The second-order valence-electron chi connectivity index (χ2n) is 4.02. The maximum absolute atomic E-state index is 12.4. The van der Waals surface area contributed by atoms with Gasteiger partial charge in [0.15, 0.2) is 15.8 Å². The Hall–Kier alpha value is -1.16. The minimum atomic E-state index is -3.60. The summed E-state index contributed by atoms with van der Waals surface area (Å²) in [5, 5.41) is 4.77. The molecule has 7 nitrogen and oxygen atoms in total. The van der Waals surface area contributed by atoms with Crippen LogP contribution in [0, 0.1) is 0 Å². The van der Waals surface area contributed by atoms with Crippen molar-refractivity contribution in [1.82, 2.24) is 14.1 Å². The molecule has 2 heterocycles. The molecule has 0 saturated heterocycles. The predicted octanol–water partition coefficient (Wildman–Crippen LogP) is 1.14. The van der Waals surface area contributed by atoms with Crippen LogP contribution in [0.1, 0.15) is 13.3 Å². The number of aromatic nitrogens is 2. The lowest BCUT2D eigenvalue weighted by molar-refractivity contribution is 0.146. The van der Waals surface area contributed by atoms with Crippen LogP contribution in [-0.2, 0) is 14.8 Å². The quantitative estimate of drug-likeness (QED) is 0.713. The third kappa shape index (κ3) is 3.11. The molecule has 0 radical (unpaired) electrons. The van der Waals surface area contributed by atoms with Crippen molar-refractivity contribution in [2.75, 3.05) is 32.1 Å². The first-order valence-corrected chi connectivity index (χ1v) is 8.67. The van der Waals surface area contributed by atoms with Crippen LogP contribution >= 0.6 is 11.3 Å². The molecular formula is C11H18N4O3S2. The van der Waals surface area contributed by atoms with E-state index in [-0.39, 0.29) is 5.03 Å². The molecule has 0 unspecified atom stereocenters. The number of rotatable bonds is 8. The van der Waals surface area contributed by atoms with Crippen LogP contribution in [0.5, 0.6) is 0 Å². The molecule has 0 amide bonds. The van der Waals surface area contributed by atoms with Gasteiger partial charge in [-0.2, -0.15) is 0 Å². The second-order valence-corrected chi connectivity index (χ2v) is 6.57. The number of imidazole rings is 1. The number of hydrogen-bond donors (Lipinski definition) is 2. The van der Waals surface area contributed by atoms with Crippen molar-refractivity contribution in [2.45, 2.75) is 18.4 Å². The Kier molecular flexibility index (Phi) is 4.97. The fraction of sp³-hybridized carbons (Fsp3) is 0.545. The standard InChI is InChI=1S/C11H18N4O3S2/c1-3-18-7-4-5-13-20(16,17)10-9(12-2)14-11-15(10)6-8-19-11/h6,8,12-13H,3-5,7H2,1-2H3. The highest BCUT2D eigenvalue weighted by atomic mass is 32.2. The van der Waals surface area contributed by atoms with E-state index in [4.69, 9.17) is 4.74 Å². The van der Waals surface area contributed by atoms with Crippen molar-refractivity contribution in [3.05, 3.63) is 11.6 Å². The summed E-state index contributed by atoms with van der Waals surface area (Å²) in [5.41, 5.74) is 0. The van der Waals surface area contributed by atoms with Gasteiger partial charge in [0.05, 0.1) is 0 Å². The first-order valence-electron chi connectivity index (χ1n) is 6.31. The van der Waals surface area contributed by atoms with Crippen molar-refractivity contribution in [3.8, 4) is 0 Å². The van der Waals surface area contributed by atoms with E-state index >= 15 is 0 Å². The normalized spacial score (nSPS) is 12.1. The maximum atomic E-state index is 12.4. The molecule has 0 fully saturated rings. The second kappa shape index (κ2) is 6.53. The predicted molar refractivity (Wildman–Crippen MR) is 78.9 cm³/mol. The molecule has 0 aliphatic carbocycles. The summed E-state index contributed by atoms with van der Waals surface area (Å²) in [7, 11) is -1.95. The van der Waals surface area contributed by atoms with E-state index in [1.165, 1.54) is 11.3 Å². The summed E-state index contributed by atoms with van der Waals surface area (Å²) in [6.07, 6.45) is 2.33. The lowest BCUT2D eigenvalue weighted by atomic mass is 10.5. The average molecular weight is 318 g/mol. The molecule has 112 valence electrons. The lowest BCUT2D eigenvalue weighted by Gasteiger charge is -2.07. The fourth-order valence-corrected chi connectivity index (χ4v) is 3.91. The molecule has 9 heteroatoms. The monoisotopic (exact) mass is 318 g/mol. The largest absolute Gasteiger partial charge is 0.382 e. The third-order valence-electron chi connectivity index (χ3n) is 2.67. The van der Waals surface area contributed by atoms with Gasteiger partial charge in [-0.15, -0.1) is 11.3 Å². The van der Waals surface area contributed by atoms with Crippen LogP contribution in [0.3, 0.4) is 0 Å². The van der Waals surface area contributed by atoms with E-state index in [2.05, 4.69) is 15.0 Å². The number of nitrogens with one attached hydrogen (secondary N) is 2. The number of thiazole rings is 1. The number of anilines is 1. The molecule has 2 rings (SSSR count). The van der Waals surface area contributed by atoms with Gasteiger partial charge in [0.1, 0.15) is 0 Å². The van der Waals surface area contributed by atoms with Crippen LogP contribution in [0.2, 0.25) is 0 Å². The van der Waals surface area contributed by atoms with Crippen LogP contribution in [0.15, 0.2) is 16.6 Å². The number of hydrogen-bond acceptors (Lipinski definition) is 6. The summed E-state index contributed by atoms with van der Waals surface area (Å²) in [6.45, 7) is 3.42. The molecule has 20 heavy (non-hydrogen) atoms. The minimum Gasteiger partial charge on any atom is -0.382 e. The van der Waals surface area contributed by atoms with Gasteiger partial charge in [-0.3, -0.25) is 4.40 Å². The molecule has 2 aromatic heterocycles. The van der Waals surface area contributed by atoms with Gasteiger partial charge in [-0.1, -0.05) is 0 Å². The summed E-state index contributed by atoms with van der Waals surface area (Å²) in [4.78, 5) is 4.88. The summed E-state index contributed by atoms with van der Waals surface area (Å²) >= 11 is 1.39. The smallest absolute Gasteiger partial charge is 0.260 e. The van der Waals surface area contributed by atoms with Gasteiger partial charge in [0, 0.05) is 38.4 Å². The van der Waals surface area contributed by atoms with Crippen molar-refractivity contribution < 1.29 is 13.2 Å². The summed E-state index contributed by atoms with van der Waals surface area (Å²) < 4.78 is 34.1. The Balaban J connectivity index is 2.16. The van der Waals surface area contributed by atoms with Crippen LogP contribution in [0.4, 0.5) is 5.82 Å². The molecule has 0 bridgehead atoms. The first-order chi connectivity index (χ1) is 9.60. The highest BCUT2D eigenvalue weighted by Crippen LogP contribution is 2.24. The highest BCUT2D eigenvalue weighted by Gasteiger charge is 2.24. The van der Waals surface area contributed by atoms with E-state index in [0.717, 1.165) is 0 Å². The third-order valence-corrected chi connectivity index (χ3v) is 4.91. The summed E-state index contributed by atoms with van der Waals surface area (Å²) in [5.74, 6) is 0.356. The zero-order valence-electron chi connectivity index (χ0n) is 11.4. The Morgan fingerprint density at radius 3 is 3.00 bits per heavy atom. The Bertz CT molecular complexity index is 662. The van der Waals surface area contributed by atoms with Gasteiger partial charge in [0.2, 0.25) is 0 Å². The van der Waals surface area contributed by atoms with Gasteiger partial charge >= 0.3 is 0 Å². The molecule has 0 aromatic carbocycles. The van der Waals surface area contributed by atoms with E-state index in [1.807, 2.05) is 6.92 Å². The van der Waals surface area contributed by atoms with E-state index in [0.29, 0.717) is 37.0 Å². The van der Waals surface area contributed by atoms with Gasteiger partial charge < -0.3 is 10.1 Å². The van der Waals surface area contributed by atoms with Crippen LogP contribution in [-0.4, -0.2) is 44.6 Å². The van der Waals surface area contributed by atoms with Crippen molar-refractivity contribution in [1.29, 1.82) is 0 Å². The van der Waals surface area contributed by atoms with E-state index < -0.39 is 10.0 Å². The molecule has 0 atom stereocenters. The van der Waals surface area contributed by atoms with Crippen molar-refractivity contribution >= 4 is 32.1 Å². The van der Waals surface area contributed by atoms with Crippen molar-refractivity contribution in [3.63, 3.8) is 0 Å². The summed E-state index contributed by atoms with van der Waals surface area (Å²) in [6, 6.07) is 0. The van der Waals surface area contributed by atoms with Crippen LogP contribution in [0.25, 0.3) is 4.96 Å². The van der Waals surface area contributed by atoms with E-state index in [1.54, 1.807) is 23.0 Å². The molecule has 2 N–H and O–H groups in total. The van der Waals surface area contributed by atoms with Crippen LogP contribution < -0.4 is 10.0 Å². The number of fused-ring (bicyclic) bond motifs is 1. The Morgan fingerprint density at radius 1 is 1.50 bits per heavy atom. The van der Waals surface area contributed by atoms with Gasteiger partial charge in [-0.25, -0.2) is 18.1 Å². The molecule has 0 aliphatic heterocycles. The Morgan fingerprint density at radius 2 is 2.30 bits per heavy atom. The van der Waals surface area contributed by atoms with E-state index in [9.17, 15) is 8.42 Å². The molecule has 0 spiro atoms. The number of ether oxygens (including phenoxy) is 1. The Labute approximate surface area is 122 Å². The van der Waals surface area contributed by atoms with Gasteiger partial charge in [-0.05, 0) is 13.3 Å². The average Bonchev–Trinajstić information content (AvgIpc) is 2.97.